The van der Waals surface area contributed by atoms with E-state index in [1.165, 1.54) is 6.08 Å². The fourth-order valence-corrected chi connectivity index (χ4v) is 3.87. The molecule has 6 heteroatoms. The lowest BCUT2D eigenvalue weighted by molar-refractivity contribution is -0.137. The van der Waals surface area contributed by atoms with E-state index in [4.69, 9.17) is 9.47 Å². The number of nitrogens with zero attached hydrogens (tertiary/aromatic N) is 1. The number of esters is 1. The fraction of sp³-hybridized carbons (Fsp3) is 0.364. The van der Waals surface area contributed by atoms with Crippen molar-refractivity contribution in [2.24, 2.45) is 0 Å². The van der Waals surface area contributed by atoms with Crippen LogP contribution in [0.2, 0.25) is 0 Å². The normalized spacial score (nSPS) is 14.0. The molecule has 5 nitrogen and oxygen atoms in total. The highest BCUT2D eigenvalue weighted by Crippen LogP contribution is 2.34. The number of anilines is 1. The largest absolute Gasteiger partial charge is 0.463 e. The smallest absolute Gasteiger partial charge is 0.414 e. The number of rotatable bonds is 4. The number of fused-ring (bicyclic) bond motifs is 1. The highest BCUT2D eigenvalue weighted by atomic mass is 32.1. The molecule has 28 heavy (non-hydrogen) atoms. The molecule has 0 aliphatic carbocycles. The first kappa shape index (κ1) is 20.1. The molecule has 0 radical (unpaired) electrons. The van der Waals surface area contributed by atoms with Gasteiger partial charge in [-0.15, -0.1) is 11.3 Å². The van der Waals surface area contributed by atoms with Crippen LogP contribution in [0.15, 0.2) is 41.8 Å². The van der Waals surface area contributed by atoms with Gasteiger partial charge in [0, 0.05) is 23.1 Å². The summed E-state index contributed by atoms with van der Waals surface area (Å²) < 4.78 is 10.6. The average Bonchev–Trinajstić information content (AvgIpc) is 3.27. The van der Waals surface area contributed by atoms with Gasteiger partial charge in [-0.1, -0.05) is 12.1 Å². The molecule has 1 aliphatic rings. The van der Waals surface area contributed by atoms with Crippen molar-refractivity contribution in [2.75, 3.05) is 18.1 Å². The highest BCUT2D eigenvalue weighted by molar-refractivity contribution is 7.11. The van der Waals surface area contributed by atoms with Crippen LogP contribution < -0.4 is 4.90 Å². The summed E-state index contributed by atoms with van der Waals surface area (Å²) in [5.74, 6) is -0.359. The van der Waals surface area contributed by atoms with E-state index in [0.717, 1.165) is 33.7 Å². The SMILES string of the molecule is CCOC(=O)C=C(c1ccc2c(c1)CCN2C(=O)OC(C)(C)C)c1cccs1. The molecule has 148 valence electrons. The third-order valence-electron chi connectivity index (χ3n) is 4.24. The maximum absolute atomic E-state index is 12.5. The molecule has 3 rings (SSSR count). The van der Waals surface area contributed by atoms with Gasteiger partial charge in [0.05, 0.1) is 12.3 Å². The monoisotopic (exact) mass is 399 g/mol. The molecule has 0 N–H and O–H groups in total. The average molecular weight is 400 g/mol. The Morgan fingerprint density at radius 3 is 2.68 bits per heavy atom. The molecule has 0 saturated heterocycles. The molecule has 2 aromatic rings. The molecule has 0 bridgehead atoms. The van der Waals surface area contributed by atoms with E-state index in [2.05, 4.69) is 0 Å². The standard InChI is InChI=1S/C22H25NO4S/c1-5-26-20(24)14-17(19-7-6-12-28-19)15-8-9-18-16(13-15)10-11-23(18)21(25)27-22(2,3)4/h6-9,12-14H,5,10-11H2,1-4H3. The maximum Gasteiger partial charge on any atom is 0.414 e. The molecule has 0 saturated carbocycles. The minimum Gasteiger partial charge on any atom is -0.463 e. The van der Waals surface area contributed by atoms with E-state index < -0.39 is 5.60 Å². The first-order valence-electron chi connectivity index (χ1n) is 9.34. The van der Waals surface area contributed by atoms with E-state index in [0.29, 0.717) is 13.2 Å². The fourth-order valence-electron chi connectivity index (χ4n) is 3.11. The second-order valence-corrected chi connectivity index (χ2v) is 8.46. The molecule has 2 heterocycles. The number of amides is 1. The zero-order chi connectivity index (χ0) is 20.3. The van der Waals surface area contributed by atoms with Crippen molar-refractivity contribution >= 4 is 34.7 Å². The topological polar surface area (TPSA) is 55.8 Å². The number of carbonyl (C=O) groups excluding carboxylic acids is 2. The number of carbonyl (C=O) groups is 2. The number of benzene rings is 1. The van der Waals surface area contributed by atoms with Gasteiger partial charge in [-0.3, -0.25) is 4.90 Å². The van der Waals surface area contributed by atoms with Crippen molar-refractivity contribution in [3.63, 3.8) is 0 Å². The third-order valence-corrected chi connectivity index (χ3v) is 5.14. The third kappa shape index (κ3) is 4.62. The van der Waals surface area contributed by atoms with Gasteiger partial charge >= 0.3 is 12.1 Å². The van der Waals surface area contributed by atoms with Crippen molar-refractivity contribution in [2.45, 2.75) is 39.7 Å². The van der Waals surface area contributed by atoms with Crippen LogP contribution in [0.5, 0.6) is 0 Å². The maximum atomic E-state index is 12.5. The molecular weight excluding hydrogens is 374 g/mol. The lowest BCUT2D eigenvalue weighted by Crippen LogP contribution is -2.35. The zero-order valence-electron chi connectivity index (χ0n) is 16.7. The van der Waals surface area contributed by atoms with Gasteiger partial charge in [0.25, 0.3) is 0 Å². The van der Waals surface area contributed by atoms with Gasteiger partial charge < -0.3 is 9.47 Å². The Morgan fingerprint density at radius 1 is 1.25 bits per heavy atom. The van der Waals surface area contributed by atoms with Crippen LogP contribution >= 0.6 is 11.3 Å². The van der Waals surface area contributed by atoms with Gasteiger partial charge in [-0.05, 0) is 68.8 Å². The summed E-state index contributed by atoms with van der Waals surface area (Å²) in [6.45, 7) is 8.29. The van der Waals surface area contributed by atoms with Crippen molar-refractivity contribution in [3.05, 3.63) is 57.8 Å². The van der Waals surface area contributed by atoms with Crippen molar-refractivity contribution in [1.82, 2.24) is 0 Å². The predicted octanol–water partition coefficient (Wildman–Crippen LogP) is 5.04. The Balaban J connectivity index is 1.92. The van der Waals surface area contributed by atoms with E-state index in [-0.39, 0.29) is 12.1 Å². The van der Waals surface area contributed by atoms with E-state index in [1.54, 1.807) is 23.2 Å². The molecule has 1 aliphatic heterocycles. The molecular formula is C22H25NO4S. The minimum absolute atomic E-state index is 0.334. The number of thiophene rings is 1. The lowest BCUT2D eigenvalue weighted by Gasteiger charge is -2.24. The number of hydrogen-bond acceptors (Lipinski definition) is 5. The van der Waals surface area contributed by atoms with Gasteiger partial charge in [0.2, 0.25) is 0 Å². The molecule has 0 fully saturated rings. The summed E-state index contributed by atoms with van der Waals surface area (Å²) in [6, 6.07) is 9.84. The molecule has 0 spiro atoms. The van der Waals surface area contributed by atoms with Crippen LogP contribution in [0, 0.1) is 0 Å². The summed E-state index contributed by atoms with van der Waals surface area (Å²) in [6.07, 6.45) is 1.96. The van der Waals surface area contributed by atoms with Gasteiger partial charge in [-0.2, -0.15) is 0 Å². The first-order chi connectivity index (χ1) is 13.3. The van der Waals surface area contributed by atoms with Gasteiger partial charge in [-0.25, -0.2) is 9.59 Å². The second kappa shape index (κ2) is 8.19. The lowest BCUT2D eigenvalue weighted by atomic mass is 10.00. The molecule has 0 unspecified atom stereocenters. The van der Waals surface area contributed by atoms with Crippen LogP contribution in [-0.2, 0) is 20.7 Å². The molecule has 0 atom stereocenters. The Hall–Kier alpha value is -2.60. The van der Waals surface area contributed by atoms with Crippen LogP contribution in [0.4, 0.5) is 10.5 Å². The van der Waals surface area contributed by atoms with Crippen LogP contribution in [-0.4, -0.2) is 30.8 Å². The summed E-state index contributed by atoms with van der Waals surface area (Å²) in [7, 11) is 0. The van der Waals surface area contributed by atoms with E-state index in [1.807, 2.05) is 56.5 Å². The second-order valence-electron chi connectivity index (χ2n) is 7.51. The summed E-state index contributed by atoms with van der Waals surface area (Å²) in [4.78, 5) is 27.2. The Labute approximate surface area is 169 Å². The molecule has 1 amide bonds. The molecule has 1 aromatic heterocycles. The minimum atomic E-state index is -0.533. The quantitative estimate of drug-likeness (QED) is 0.534. The van der Waals surface area contributed by atoms with Crippen molar-refractivity contribution in [3.8, 4) is 0 Å². The van der Waals surface area contributed by atoms with Crippen molar-refractivity contribution < 1.29 is 19.1 Å². The Kier molecular flexibility index (Phi) is 5.89. The molecule has 1 aromatic carbocycles. The van der Waals surface area contributed by atoms with E-state index >= 15 is 0 Å². The van der Waals surface area contributed by atoms with Gasteiger partial charge in [0.1, 0.15) is 5.60 Å². The summed E-state index contributed by atoms with van der Waals surface area (Å²) in [5, 5.41) is 1.98. The first-order valence-corrected chi connectivity index (χ1v) is 10.2. The van der Waals surface area contributed by atoms with Gasteiger partial charge in [0.15, 0.2) is 0 Å². The van der Waals surface area contributed by atoms with Crippen LogP contribution in [0.1, 0.15) is 43.7 Å². The number of ether oxygens (including phenoxy) is 2. The Morgan fingerprint density at radius 2 is 2.04 bits per heavy atom. The summed E-state index contributed by atoms with van der Waals surface area (Å²) >= 11 is 1.57. The number of hydrogen-bond donors (Lipinski definition) is 0. The summed E-state index contributed by atoms with van der Waals surface area (Å²) in [5.41, 5.74) is 3.15. The van der Waals surface area contributed by atoms with Crippen LogP contribution in [0.3, 0.4) is 0 Å². The van der Waals surface area contributed by atoms with Crippen LogP contribution in [0.25, 0.3) is 5.57 Å². The van der Waals surface area contributed by atoms with E-state index in [9.17, 15) is 9.59 Å². The Bertz CT molecular complexity index is 894. The zero-order valence-corrected chi connectivity index (χ0v) is 17.5. The van der Waals surface area contributed by atoms with Crippen molar-refractivity contribution in [1.29, 1.82) is 0 Å². The predicted molar refractivity (Wildman–Crippen MR) is 112 cm³/mol. The highest BCUT2D eigenvalue weighted by Gasteiger charge is 2.29.